The van der Waals surface area contributed by atoms with Crippen LogP contribution in [0.2, 0.25) is 0 Å². The average Bonchev–Trinajstić information content (AvgIpc) is 3.53. The van der Waals surface area contributed by atoms with Crippen molar-refractivity contribution in [3.8, 4) is 17.5 Å². The van der Waals surface area contributed by atoms with Crippen LogP contribution in [-0.4, -0.2) is 44.8 Å². The lowest BCUT2D eigenvalue weighted by Crippen LogP contribution is -2.47. The Bertz CT molecular complexity index is 1340. The smallest absolute Gasteiger partial charge is 0.165 e. The van der Waals surface area contributed by atoms with Crippen molar-refractivity contribution in [2.75, 3.05) is 22.9 Å². The number of aromatic nitrogens is 4. The number of halogens is 1. The zero-order chi connectivity index (χ0) is 20.9. The fourth-order valence-corrected chi connectivity index (χ4v) is 4.80. The van der Waals surface area contributed by atoms with E-state index in [0.717, 1.165) is 36.3 Å². The van der Waals surface area contributed by atoms with Crippen LogP contribution < -0.4 is 9.80 Å². The van der Waals surface area contributed by atoms with Gasteiger partial charge in [-0.15, -0.1) is 0 Å². The van der Waals surface area contributed by atoms with Crippen LogP contribution in [-0.2, 0) is 0 Å². The van der Waals surface area contributed by atoms with Gasteiger partial charge in [0, 0.05) is 31.0 Å². The highest BCUT2D eigenvalue weighted by molar-refractivity contribution is 5.76. The number of hydrogen-bond acceptors (Lipinski definition) is 6. The summed E-state index contributed by atoms with van der Waals surface area (Å²) < 4.78 is 15.5. The molecule has 0 N–H and O–H groups in total. The molecule has 2 saturated heterocycles. The number of rotatable bonds is 3. The summed E-state index contributed by atoms with van der Waals surface area (Å²) in [7, 11) is 0. The minimum absolute atomic E-state index is 0.215. The van der Waals surface area contributed by atoms with Crippen LogP contribution in [0.4, 0.5) is 15.9 Å². The first kappa shape index (κ1) is 17.8. The van der Waals surface area contributed by atoms with E-state index in [4.69, 9.17) is 4.98 Å². The van der Waals surface area contributed by atoms with Crippen LogP contribution in [0.5, 0.6) is 0 Å². The van der Waals surface area contributed by atoms with Gasteiger partial charge in [-0.2, -0.15) is 10.4 Å². The Morgan fingerprint density at radius 1 is 1.03 bits per heavy atom. The van der Waals surface area contributed by atoms with Crippen LogP contribution in [0, 0.1) is 17.1 Å². The summed E-state index contributed by atoms with van der Waals surface area (Å²) in [6, 6.07) is 15.3. The predicted molar refractivity (Wildman–Crippen MR) is 114 cm³/mol. The van der Waals surface area contributed by atoms with Gasteiger partial charge >= 0.3 is 0 Å². The van der Waals surface area contributed by atoms with Gasteiger partial charge in [-0.1, -0.05) is 12.1 Å². The van der Waals surface area contributed by atoms with E-state index in [1.807, 2.05) is 30.5 Å². The number of hydrogen-bond donors (Lipinski definition) is 0. The summed E-state index contributed by atoms with van der Waals surface area (Å²) in [6.45, 7) is 1.51. The molecule has 2 fully saturated rings. The first-order valence-corrected chi connectivity index (χ1v) is 10.2. The van der Waals surface area contributed by atoms with E-state index in [1.54, 1.807) is 29.0 Å². The largest absolute Gasteiger partial charge is 0.365 e. The summed E-state index contributed by atoms with van der Waals surface area (Å²) in [4.78, 5) is 13.7. The van der Waals surface area contributed by atoms with E-state index in [1.165, 1.54) is 6.07 Å². The van der Waals surface area contributed by atoms with Crippen molar-refractivity contribution >= 4 is 17.0 Å². The quantitative estimate of drug-likeness (QED) is 0.515. The fourth-order valence-electron chi connectivity index (χ4n) is 4.80. The number of anilines is 2. The van der Waals surface area contributed by atoms with E-state index >= 15 is 0 Å². The van der Waals surface area contributed by atoms with Crippen LogP contribution in [0.25, 0.3) is 16.9 Å². The van der Waals surface area contributed by atoms with Crippen molar-refractivity contribution in [1.82, 2.24) is 19.6 Å². The summed E-state index contributed by atoms with van der Waals surface area (Å²) in [6.07, 6.45) is 6.18. The number of pyridine rings is 1. The molecule has 0 aliphatic carbocycles. The molecule has 2 atom stereocenters. The van der Waals surface area contributed by atoms with Crippen LogP contribution in [0.3, 0.4) is 0 Å². The maximum Gasteiger partial charge on any atom is 0.165 e. The molecule has 7 nitrogen and oxygen atoms in total. The van der Waals surface area contributed by atoms with Crippen molar-refractivity contribution in [1.29, 1.82) is 5.26 Å². The molecule has 8 heteroatoms. The topological polar surface area (TPSA) is 73.3 Å². The van der Waals surface area contributed by atoms with Gasteiger partial charge in [0.1, 0.15) is 17.4 Å². The molecular formula is C23H18FN7. The van der Waals surface area contributed by atoms with Crippen molar-refractivity contribution < 1.29 is 4.39 Å². The SMILES string of the molecule is N#Cc1cnc(-c2cnn3ccccc23)nc1N1C[C@@H]2C[C@@H]1CN2c1cccc(F)c1. The Balaban J connectivity index is 1.34. The molecule has 0 amide bonds. The van der Waals surface area contributed by atoms with E-state index in [9.17, 15) is 9.65 Å². The third-order valence-electron chi connectivity index (χ3n) is 6.21. The van der Waals surface area contributed by atoms with Crippen LogP contribution >= 0.6 is 0 Å². The number of fused-ring (bicyclic) bond motifs is 3. The van der Waals surface area contributed by atoms with Crippen molar-refractivity contribution in [2.45, 2.75) is 18.5 Å². The summed E-state index contributed by atoms with van der Waals surface area (Å²) in [5.41, 5.74) is 3.11. The lowest BCUT2D eigenvalue weighted by Gasteiger charge is -2.36. The van der Waals surface area contributed by atoms with Gasteiger partial charge in [-0.05, 0) is 36.8 Å². The lowest BCUT2D eigenvalue weighted by molar-refractivity contribution is 0.617. The van der Waals surface area contributed by atoms with Gasteiger partial charge in [-0.3, -0.25) is 0 Å². The monoisotopic (exact) mass is 411 g/mol. The molecule has 5 heterocycles. The Labute approximate surface area is 178 Å². The molecule has 0 unspecified atom stereocenters. The second kappa shape index (κ2) is 6.77. The normalized spacial score (nSPS) is 19.9. The molecule has 2 bridgehead atoms. The van der Waals surface area contributed by atoms with Crippen LogP contribution in [0.15, 0.2) is 61.1 Å². The highest BCUT2D eigenvalue weighted by Crippen LogP contribution is 2.38. The molecule has 0 spiro atoms. The Hall–Kier alpha value is -3.99. The standard InChI is InChI=1S/C23H18FN7/c24-16-4-3-5-17(8-16)29-13-19-9-18(29)14-30(19)23-15(10-25)11-26-22(28-23)20-12-27-31-7-2-1-6-21(20)31/h1-8,11-12,18-19H,9,13-14H2/t18-,19+/m0/s1. The molecule has 3 aromatic heterocycles. The third kappa shape index (κ3) is 2.81. The predicted octanol–water partition coefficient (Wildman–Crippen LogP) is 3.27. The minimum atomic E-state index is -0.224. The molecule has 0 radical (unpaired) electrons. The molecule has 1 aromatic carbocycles. The Morgan fingerprint density at radius 3 is 2.71 bits per heavy atom. The van der Waals surface area contributed by atoms with Crippen molar-refractivity contribution in [3.63, 3.8) is 0 Å². The Morgan fingerprint density at radius 2 is 1.90 bits per heavy atom. The highest BCUT2D eigenvalue weighted by atomic mass is 19.1. The number of piperazine rings is 1. The molecule has 0 saturated carbocycles. The van der Waals surface area contributed by atoms with E-state index in [0.29, 0.717) is 17.2 Å². The molecule has 31 heavy (non-hydrogen) atoms. The van der Waals surface area contributed by atoms with E-state index < -0.39 is 0 Å². The summed E-state index contributed by atoms with van der Waals surface area (Å²) in [5, 5.41) is 14.1. The van der Waals surface area contributed by atoms with Gasteiger partial charge in [0.05, 0.1) is 29.5 Å². The molecule has 2 aliphatic rings. The first-order chi connectivity index (χ1) is 15.2. The first-order valence-electron chi connectivity index (χ1n) is 10.2. The Kier molecular flexibility index (Phi) is 3.90. The average molecular weight is 411 g/mol. The summed E-state index contributed by atoms with van der Waals surface area (Å²) >= 11 is 0. The molecular weight excluding hydrogens is 393 g/mol. The minimum Gasteiger partial charge on any atom is -0.365 e. The fraction of sp³-hybridized carbons (Fsp3) is 0.217. The van der Waals surface area contributed by atoms with E-state index in [-0.39, 0.29) is 17.9 Å². The molecule has 4 aromatic rings. The lowest BCUT2D eigenvalue weighted by atomic mass is 10.2. The van der Waals surface area contributed by atoms with Gasteiger partial charge in [0.15, 0.2) is 11.6 Å². The van der Waals surface area contributed by atoms with Gasteiger partial charge in [-0.25, -0.2) is 18.9 Å². The van der Waals surface area contributed by atoms with Crippen LogP contribution in [0.1, 0.15) is 12.0 Å². The third-order valence-corrected chi connectivity index (χ3v) is 6.21. The molecule has 6 rings (SSSR count). The van der Waals surface area contributed by atoms with Gasteiger partial charge < -0.3 is 9.80 Å². The van der Waals surface area contributed by atoms with Crippen molar-refractivity contribution in [3.05, 3.63) is 72.4 Å². The van der Waals surface area contributed by atoms with E-state index in [2.05, 4.69) is 26.0 Å². The second-order valence-corrected chi connectivity index (χ2v) is 7.96. The van der Waals surface area contributed by atoms with Crippen molar-refractivity contribution in [2.24, 2.45) is 0 Å². The maximum absolute atomic E-state index is 13.7. The second-order valence-electron chi connectivity index (χ2n) is 7.96. The highest BCUT2D eigenvalue weighted by Gasteiger charge is 2.44. The van der Waals surface area contributed by atoms with Gasteiger partial charge in [0.2, 0.25) is 0 Å². The summed E-state index contributed by atoms with van der Waals surface area (Å²) in [5.74, 6) is 0.992. The number of benzene rings is 1. The zero-order valence-electron chi connectivity index (χ0n) is 16.6. The number of nitrogens with zero attached hydrogens (tertiary/aromatic N) is 7. The molecule has 2 aliphatic heterocycles. The number of nitriles is 1. The maximum atomic E-state index is 13.7. The van der Waals surface area contributed by atoms with Gasteiger partial charge in [0.25, 0.3) is 0 Å². The molecule has 152 valence electrons. The zero-order valence-corrected chi connectivity index (χ0v) is 16.6.